The molecular formula is C24H26N4O2S2. The van der Waals surface area contributed by atoms with E-state index in [9.17, 15) is 0 Å². The number of nitrogens with zero attached hydrogens (tertiary/aromatic N) is 2. The van der Waals surface area contributed by atoms with Crippen molar-refractivity contribution in [3.63, 3.8) is 0 Å². The first-order valence-corrected chi connectivity index (χ1v) is 11.8. The molecule has 0 saturated heterocycles. The second kappa shape index (κ2) is 12.1. The van der Waals surface area contributed by atoms with Crippen LogP contribution in [0.3, 0.4) is 0 Å². The third kappa shape index (κ3) is 7.55. The Labute approximate surface area is 197 Å². The predicted octanol–water partition coefficient (Wildman–Crippen LogP) is 5.46. The zero-order chi connectivity index (χ0) is 22.8. The van der Waals surface area contributed by atoms with E-state index in [4.69, 9.17) is 20.9 Å². The van der Waals surface area contributed by atoms with Crippen LogP contribution in [0, 0.1) is 0 Å². The second-order valence-electron chi connectivity index (χ2n) is 6.69. The Kier molecular flexibility index (Phi) is 8.89. The molecule has 32 heavy (non-hydrogen) atoms. The van der Waals surface area contributed by atoms with Crippen LogP contribution in [0.4, 0.5) is 11.4 Å². The van der Waals surface area contributed by atoms with E-state index >= 15 is 0 Å². The van der Waals surface area contributed by atoms with Crippen LogP contribution in [0.2, 0.25) is 0 Å². The molecule has 0 unspecified atom stereocenters. The van der Waals surface area contributed by atoms with Gasteiger partial charge in [-0.2, -0.15) is 0 Å². The fourth-order valence-corrected chi connectivity index (χ4v) is 4.03. The van der Waals surface area contributed by atoms with Gasteiger partial charge in [0.2, 0.25) is 0 Å². The molecular weight excluding hydrogens is 440 g/mol. The van der Waals surface area contributed by atoms with Gasteiger partial charge in [-0.15, -0.1) is 0 Å². The number of rotatable bonds is 8. The Hall–Kier alpha value is -3.10. The quantitative estimate of drug-likeness (QED) is 0.338. The van der Waals surface area contributed by atoms with Crippen molar-refractivity contribution >= 4 is 45.2 Å². The smallest absolute Gasteiger partial charge is 0.159 e. The minimum absolute atomic E-state index is 0.506. The Balaban J connectivity index is 1.51. The summed E-state index contributed by atoms with van der Waals surface area (Å²) in [6.45, 7) is 0. The van der Waals surface area contributed by atoms with Crippen molar-refractivity contribution in [1.29, 1.82) is 0 Å². The fourth-order valence-electron chi connectivity index (χ4n) is 2.68. The SMILES string of the molecule is COc1ccc(CSC(N)=Nc2ccc(N=C(N)SCc3ccc(OC)cc3)cc2)cc1. The molecule has 0 radical (unpaired) electrons. The van der Waals surface area contributed by atoms with E-state index in [1.807, 2.05) is 72.8 Å². The van der Waals surface area contributed by atoms with Crippen molar-refractivity contribution in [3.8, 4) is 11.5 Å². The zero-order valence-electron chi connectivity index (χ0n) is 18.0. The molecule has 0 saturated carbocycles. The normalized spacial score (nSPS) is 11.9. The highest BCUT2D eigenvalue weighted by Crippen LogP contribution is 2.23. The van der Waals surface area contributed by atoms with Gasteiger partial charge in [0.1, 0.15) is 11.5 Å². The summed E-state index contributed by atoms with van der Waals surface area (Å²) in [7, 11) is 3.31. The molecule has 8 heteroatoms. The molecule has 6 nitrogen and oxygen atoms in total. The number of benzene rings is 3. The van der Waals surface area contributed by atoms with Crippen LogP contribution in [-0.2, 0) is 11.5 Å². The molecule has 0 aliphatic carbocycles. The van der Waals surface area contributed by atoms with Gasteiger partial charge in [0.25, 0.3) is 0 Å². The molecule has 166 valence electrons. The molecule has 3 aromatic carbocycles. The zero-order valence-corrected chi connectivity index (χ0v) is 19.7. The summed E-state index contributed by atoms with van der Waals surface area (Å²) >= 11 is 2.98. The van der Waals surface area contributed by atoms with Gasteiger partial charge in [-0.05, 0) is 59.7 Å². The van der Waals surface area contributed by atoms with Gasteiger partial charge in [-0.25, -0.2) is 9.98 Å². The van der Waals surface area contributed by atoms with Gasteiger partial charge < -0.3 is 20.9 Å². The lowest BCUT2D eigenvalue weighted by Gasteiger charge is -2.04. The molecule has 3 aromatic rings. The first kappa shape index (κ1) is 23.6. The van der Waals surface area contributed by atoms with Crippen molar-refractivity contribution in [2.24, 2.45) is 21.5 Å². The summed E-state index contributed by atoms with van der Waals surface area (Å²) in [6, 6.07) is 23.3. The van der Waals surface area contributed by atoms with Gasteiger partial charge >= 0.3 is 0 Å². The van der Waals surface area contributed by atoms with E-state index in [1.165, 1.54) is 23.5 Å². The van der Waals surface area contributed by atoms with E-state index in [0.29, 0.717) is 10.3 Å². The topological polar surface area (TPSA) is 95.2 Å². The summed E-state index contributed by atoms with van der Waals surface area (Å²) in [5, 5.41) is 1.01. The van der Waals surface area contributed by atoms with Crippen LogP contribution in [-0.4, -0.2) is 24.6 Å². The summed E-state index contributed by atoms with van der Waals surface area (Å²) in [4.78, 5) is 8.91. The molecule has 0 aliphatic rings. The summed E-state index contributed by atoms with van der Waals surface area (Å²) < 4.78 is 10.3. The highest BCUT2D eigenvalue weighted by Gasteiger charge is 2.01. The van der Waals surface area contributed by atoms with Crippen LogP contribution >= 0.6 is 23.5 Å². The van der Waals surface area contributed by atoms with Crippen LogP contribution in [0.1, 0.15) is 11.1 Å². The fraction of sp³-hybridized carbons (Fsp3) is 0.167. The van der Waals surface area contributed by atoms with Crippen molar-refractivity contribution in [1.82, 2.24) is 0 Å². The Morgan fingerprint density at radius 3 is 1.28 bits per heavy atom. The third-order valence-electron chi connectivity index (χ3n) is 4.42. The molecule has 0 fully saturated rings. The molecule has 0 spiro atoms. The van der Waals surface area contributed by atoms with Gasteiger partial charge in [0, 0.05) is 11.5 Å². The summed E-state index contributed by atoms with van der Waals surface area (Å²) in [6.07, 6.45) is 0. The minimum atomic E-state index is 0.506. The average molecular weight is 467 g/mol. The highest BCUT2D eigenvalue weighted by molar-refractivity contribution is 8.13. The number of aliphatic imine (C=N–C) groups is 2. The van der Waals surface area contributed by atoms with E-state index in [2.05, 4.69) is 9.98 Å². The highest BCUT2D eigenvalue weighted by atomic mass is 32.2. The monoisotopic (exact) mass is 466 g/mol. The first-order chi connectivity index (χ1) is 15.6. The van der Waals surface area contributed by atoms with E-state index < -0.39 is 0 Å². The van der Waals surface area contributed by atoms with Crippen LogP contribution in [0.15, 0.2) is 82.8 Å². The maximum atomic E-state index is 6.07. The predicted molar refractivity (Wildman–Crippen MR) is 138 cm³/mol. The molecule has 4 N–H and O–H groups in total. The lowest BCUT2D eigenvalue weighted by molar-refractivity contribution is 0.414. The first-order valence-electron chi connectivity index (χ1n) is 9.85. The lowest BCUT2D eigenvalue weighted by atomic mass is 10.2. The average Bonchev–Trinajstić information content (AvgIpc) is 2.83. The number of hydrogen-bond acceptors (Lipinski definition) is 6. The summed E-state index contributed by atoms with van der Waals surface area (Å²) in [5.41, 5.74) is 16.0. The van der Waals surface area contributed by atoms with Gasteiger partial charge in [0.15, 0.2) is 10.3 Å². The van der Waals surface area contributed by atoms with Crippen molar-refractivity contribution in [3.05, 3.63) is 83.9 Å². The van der Waals surface area contributed by atoms with Gasteiger partial charge in [0.05, 0.1) is 25.6 Å². The minimum Gasteiger partial charge on any atom is -0.497 e. The largest absolute Gasteiger partial charge is 0.497 e. The Morgan fingerprint density at radius 1 is 0.625 bits per heavy atom. The van der Waals surface area contributed by atoms with Crippen molar-refractivity contribution in [2.75, 3.05) is 14.2 Å². The maximum Gasteiger partial charge on any atom is 0.159 e. The van der Waals surface area contributed by atoms with Crippen molar-refractivity contribution in [2.45, 2.75) is 11.5 Å². The summed E-state index contributed by atoms with van der Waals surface area (Å²) in [5.74, 6) is 3.15. The third-order valence-corrected chi connectivity index (χ3v) is 6.15. The Morgan fingerprint density at radius 2 is 0.969 bits per heavy atom. The van der Waals surface area contributed by atoms with E-state index in [-0.39, 0.29) is 0 Å². The molecule has 0 amide bonds. The van der Waals surface area contributed by atoms with E-state index in [1.54, 1.807) is 14.2 Å². The maximum absolute atomic E-state index is 6.07. The number of amidine groups is 2. The standard InChI is InChI=1S/C24H26N4O2S2/c1-29-21-11-3-17(4-12-21)15-31-23(25)27-19-7-9-20(10-8-19)28-24(26)32-16-18-5-13-22(30-2)14-6-18/h3-14H,15-16H2,1-2H3,(H2,25,27)(H2,26,28). The number of nitrogens with two attached hydrogens (primary N) is 2. The second-order valence-corrected chi connectivity index (χ2v) is 8.68. The van der Waals surface area contributed by atoms with Crippen LogP contribution in [0.25, 0.3) is 0 Å². The van der Waals surface area contributed by atoms with Crippen LogP contribution < -0.4 is 20.9 Å². The number of methoxy groups -OCH3 is 2. The molecule has 3 rings (SSSR count). The number of ether oxygens (including phenoxy) is 2. The van der Waals surface area contributed by atoms with Crippen LogP contribution in [0.5, 0.6) is 11.5 Å². The molecule has 0 aliphatic heterocycles. The van der Waals surface area contributed by atoms with Crippen molar-refractivity contribution < 1.29 is 9.47 Å². The molecule has 0 bridgehead atoms. The molecule has 0 aromatic heterocycles. The van der Waals surface area contributed by atoms with E-state index in [0.717, 1.165) is 45.5 Å². The number of hydrogen-bond donors (Lipinski definition) is 2. The van der Waals surface area contributed by atoms with Gasteiger partial charge in [-0.1, -0.05) is 47.8 Å². The Bertz CT molecular complexity index is 964. The van der Waals surface area contributed by atoms with Gasteiger partial charge in [-0.3, -0.25) is 0 Å². The molecule has 0 heterocycles. The molecule has 0 atom stereocenters. The lowest BCUT2D eigenvalue weighted by Crippen LogP contribution is -2.06. The number of thioether (sulfide) groups is 2.